The van der Waals surface area contributed by atoms with E-state index in [1.807, 2.05) is 6.07 Å². The SMILES string of the molecule is COc1ccccc1NC(=O)c1cc2c(nc1N)CCN(C(=O)C1CC(=O)N(C)C1)C2. The number of rotatable bonds is 4. The van der Waals surface area contributed by atoms with E-state index in [0.717, 1.165) is 11.3 Å². The minimum atomic E-state index is -0.399. The molecule has 9 nitrogen and oxygen atoms in total. The van der Waals surface area contributed by atoms with Gasteiger partial charge in [-0.15, -0.1) is 0 Å². The van der Waals surface area contributed by atoms with Crippen LogP contribution in [-0.2, 0) is 22.6 Å². The Balaban J connectivity index is 1.53. The van der Waals surface area contributed by atoms with Crippen molar-refractivity contribution in [1.82, 2.24) is 14.8 Å². The predicted molar refractivity (Wildman–Crippen MR) is 114 cm³/mol. The highest BCUT2D eigenvalue weighted by Gasteiger charge is 2.36. The summed E-state index contributed by atoms with van der Waals surface area (Å²) in [6.07, 6.45) is 0.793. The van der Waals surface area contributed by atoms with Crippen molar-refractivity contribution >= 4 is 29.2 Å². The maximum absolute atomic E-state index is 12.9. The topological polar surface area (TPSA) is 118 Å². The van der Waals surface area contributed by atoms with Crippen LogP contribution in [0.15, 0.2) is 30.3 Å². The smallest absolute Gasteiger partial charge is 0.259 e. The highest BCUT2D eigenvalue weighted by molar-refractivity contribution is 6.08. The van der Waals surface area contributed by atoms with Crippen LogP contribution < -0.4 is 15.8 Å². The highest BCUT2D eigenvalue weighted by atomic mass is 16.5. The van der Waals surface area contributed by atoms with Gasteiger partial charge in [-0.05, 0) is 23.8 Å². The van der Waals surface area contributed by atoms with Gasteiger partial charge in [-0.25, -0.2) is 4.98 Å². The molecule has 0 spiro atoms. The number of nitrogens with two attached hydrogens (primary N) is 1. The molecule has 162 valence electrons. The number of hydrogen-bond acceptors (Lipinski definition) is 6. The van der Waals surface area contributed by atoms with Gasteiger partial charge in [0.05, 0.1) is 24.3 Å². The number of nitrogens with one attached hydrogen (secondary N) is 1. The molecular formula is C22H25N5O4. The zero-order chi connectivity index (χ0) is 22.1. The van der Waals surface area contributed by atoms with Crippen molar-refractivity contribution in [3.05, 3.63) is 47.2 Å². The number of carbonyl (C=O) groups is 3. The summed E-state index contributed by atoms with van der Waals surface area (Å²) in [6, 6.07) is 8.79. The van der Waals surface area contributed by atoms with Gasteiger partial charge >= 0.3 is 0 Å². The molecule has 3 heterocycles. The summed E-state index contributed by atoms with van der Waals surface area (Å²) in [7, 11) is 3.24. The summed E-state index contributed by atoms with van der Waals surface area (Å²) >= 11 is 0. The fourth-order valence-corrected chi connectivity index (χ4v) is 4.08. The number of likely N-dealkylation sites (tertiary alicyclic amines) is 1. The van der Waals surface area contributed by atoms with Crippen LogP contribution in [-0.4, -0.2) is 59.8 Å². The number of aromatic nitrogens is 1. The number of carbonyl (C=O) groups excluding carboxylic acids is 3. The molecule has 3 N–H and O–H groups in total. The minimum absolute atomic E-state index is 0.0134. The summed E-state index contributed by atoms with van der Waals surface area (Å²) in [5.41, 5.74) is 8.42. The predicted octanol–water partition coefficient (Wildman–Crippen LogP) is 1.29. The number of benzene rings is 1. The van der Waals surface area contributed by atoms with Crippen LogP contribution in [0.5, 0.6) is 5.75 Å². The average molecular weight is 423 g/mol. The number of nitrogens with zero attached hydrogens (tertiary/aromatic N) is 3. The number of methoxy groups -OCH3 is 1. The summed E-state index contributed by atoms with van der Waals surface area (Å²) < 4.78 is 5.27. The van der Waals surface area contributed by atoms with Crippen molar-refractivity contribution < 1.29 is 19.1 Å². The van der Waals surface area contributed by atoms with Crippen molar-refractivity contribution in [3.8, 4) is 5.75 Å². The number of hydrogen-bond donors (Lipinski definition) is 2. The van der Waals surface area contributed by atoms with Crippen LogP contribution in [0.25, 0.3) is 0 Å². The third-order valence-electron chi connectivity index (χ3n) is 5.80. The standard InChI is InChI=1S/C22H25N5O4/c1-26-11-14(10-19(26)28)22(30)27-8-7-16-13(12-27)9-15(20(23)24-16)21(29)25-17-5-3-4-6-18(17)31-2/h3-6,9,14H,7-8,10-12H2,1-2H3,(H2,23,24)(H,25,29). The van der Waals surface area contributed by atoms with Crippen molar-refractivity contribution in [1.29, 1.82) is 0 Å². The van der Waals surface area contributed by atoms with Crippen molar-refractivity contribution in [2.24, 2.45) is 5.92 Å². The quantitative estimate of drug-likeness (QED) is 0.765. The molecule has 3 amide bonds. The Bertz CT molecular complexity index is 1050. The van der Waals surface area contributed by atoms with E-state index >= 15 is 0 Å². The first kappa shape index (κ1) is 20.6. The first-order valence-corrected chi connectivity index (χ1v) is 10.1. The molecule has 0 saturated carbocycles. The number of amides is 3. The van der Waals surface area contributed by atoms with Gasteiger partial charge in [0.2, 0.25) is 11.8 Å². The summed E-state index contributed by atoms with van der Waals surface area (Å²) in [5, 5.41) is 2.81. The second-order valence-corrected chi connectivity index (χ2v) is 7.87. The molecule has 0 radical (unpaired) electrons. The maximum Gasteiger partial charge on any atom is 0.259 e. The molecular weight excluding hydrogens is 398 g/mol. The molecule has 0 aliphatic carbocycles. The molecule has 31 heavy (non-hydrogen) atoms. The van der Waals surface area contributed by atoms with E-state index in [4.69, 9.17) is 10.5 Å². The maximum atomic E-state index is 12.9. The van der Waals surface area contributed by atoms with Crippen molar-refractivity contribution in [2.45, 2.75) is 19.4 Å². The fraction of sp³-hybridized carbons (Fsp3) is 0.364. The number of para-hydroxylation sites is 2. The molecule has 9 heteroatoms. The van der Waals surface area contributed by atoms with Crippen LogP contribution in [0.4, 0.5) is 11.5 Å². The zero-order valence-electron chi connectivity index (χ0n) is 17.6. The Labute approximate surface area is 180 Å². The number of fused-ring (bicyclic) bond motifs is 1. The Morgan fingerprint density at radius 1 is 1.29 bits per heavy atom. The van der Waals surface area contributed by atoms with Crippen LogP contribution in [0, 0.1) is 5.92 Å². The van der Waals surface area contributed by atoms with Crippen molar-refractivity contribution in [3.63, 3.8) is 0 Å². The third-order valence-corrected chi connectivity index (χ3v) is 5.80. The van der Waals surface area contributed by atoms with Crippen LogP contribution >= 0.6 is 0 Å². The van der Waals surface area contributed by atoms with Gasteiger partial charge in [0.1, 0.15) is 11.6 Å². The van der Waals surface area contributed by atoms with E-state index in [2.05, 4.69) is 10.3 Å². The molecule has 1 atom stereocenters. The van der Waals surface area contributed by atoms with E-state index in [1.165, 1.54) is 7.11 Å². The summed E-state index contributed by atoms with van der Waals surface area (Å²) in [5.74, 6) is -0.0966. The fourth-order valence-electron chi connectivity index (χ4n) is 4.08. The van der Waals surface area contributed by atoms with Crippen molar-refractivity contribution in [2.75, 3.05) is 38.3 Å². The largest absolute Gasteiger partial charge is 0.495 e. The van der Waals surface area contributed by atoms with Gasteiger partial charge in [0.25, 0.3) is 5.91 Å². The molecule has 2 aliphatic rings. The lowest BCUT2D eigenvalue weighted by Crippen LogP contribution is -2.41. The Morgan fingerprint density at radius 3 is 2.77 bits per heavy atom. The van der Waals surface area contributed by atoms with Gasteiger partial charge < -0.3 is 25.6 Å². The monoisotopic (exact) mass is 423 g/mol. The molecule has 0 bridgehead atoms. The lowest BCUT2D eigenvalue weighted by molar-refractivity contribution is -0.136. The molecule has 1 saturated heterocycles. The van der Waals surface area contributed by atoms with E-state index in [-0.39, 0.29) is 35.5 Å². The van der Waals surface area contributed by atoms with E-state index in [9.17, 15) is 14.4 Å². The minimum Gasteiger partial charge on any atom is -0.495 e. The summed E-state index contributed by atoms with van der Waals surface area (Å²) in [6.45, 7) is 1.29. The number of ether oxygens (including phenoxy) is 1. The molecule has 1 unspecified atom stereocenters. The van der Waals surface area contributed by atoms with Crippen LogP contribution in [0.3, 0.4) is 0 Å². The third kappa shape index (κ3) is 4.03. The summed E-state index contributed by atoms with van der Waals surface area (Å²) in [4.78, 5) is 45.3. The van der Waals surface area contributed by atoms with Crippen LogP contribution in [0.2, 0.25) is 0 Å². The number of pyridine rings is 1. The Morgan fingerprint density at radius 2 is 2.06 bits per heavy atom. The van der Waals surface area contributed by atoms with Gasteiger partial charge in [-0.1, -0.05) is 12.1 Å². The lowest BCUT2D eigenvalue weighted by Gasteiger charge is -2.30. The van der Waals surface area contributed by atoms with E-state index in [1.54, 1.807) is 41.1 Å². The van der Waals surface area contributed by atoms with E-state index < -0.39 is 5.91 Å². The number of anilines is 2. The lowest BCUT2D eigenvalue weighted by atomic mass is 10.00. The molecule has 1 aromatic carbocycles. The second-order valence-electron chi connectivity index (χ2n) is 7.87. The van der Waals surface area contributed by atoms with Gasteiger partial charge in [-0.3, -0.25) is 14.4 Å². The van der Waals surface area contributed by atoms with Gasteiger partial charge in [0, 0.05) is 45.2 Å². The molecule has 2 aliphatic heterocycles. The molecule has 2 aromatic rings. The molecule has 1 aromatic heterocycles. The number of nitrogen functional groups attached to an aromatic ring is 1. The van der Waals surface area contributed by atoms with Gasteiger partial charge in [0.15, 0.2) is 0 Å². The highest BCUT2D eigenvalue weighted by Crippen LogP contribution is 2.28. The second kappa shape index (κ2) is 8.25. The first-order chi connectivity index (χ1) is 14.9. The van der Waals surface area contributed by atoms with Gasteiger partial charge in [-0.2, -0.15) is 0 Å². The zero-order valence-corrected chi connectivity index (χ0v) is 17.6. The average Bonchev–Trinajstić information content (AvgIpc) is 3.11. The van der Waals surface area contributed by atoms with E-state index in [0.29, 0.717) is 37.5 Å². The molecule has 1 fully saturated rings. The Hall–Kier alpha value is -3.62. The van der Waals surface area contributed by atoms with Crippen LogP contribution in [0.1, 0.15) is 28.0 Å². The first-order valence-electron chi connectivity index (χ1n) is 10.1. The Kier molecular flexibility index (Phi) is 5.50. The molecule has 4 rings (SSSR count). The normalized spacial score (nSPS) is 18.0.